The number of benzene rings is 2. The molecule has 0 aliphatic rings. The maximum absolute atomic E-state index is 12.9. The van der Waals surface area contributed by atoms with E-state index in [-0.39, 0.29) is 5.91 Å². The molecule has 1 amide bonds. The molecule has 6 heteroatoms. The predicted molar refractivity (Wildman–Crippen MR) is 106 cm³/mol. The number of nitrogens with zero attached hydrogens (tertiary/aromatic N) is 3. The first kappa shape index (κ1) is 17.9. The van der Waals surface area contributed by atoms with Crippen molar-refractivity contribution in [1.82, 2.24) is 4.98 Å². The van der Waals surface area contributed by atoms with E-state index in [0.717, 1.165) is 11.3 Å². The first-order chi connectivity index (χ1) is 12.6. The molecule has 3 aromatic rings. The molecule has 0 fully saturated rings. The molecule has 26 heavy (non-hydrogen) atoms. The minimum Gasteiger partial charge on any atom is -0.280 e. The molecule has 0 saturated carbocycles. The van der Waals surface area contributed by atoms with Crippen LogP contribution >= 0.6 is 22.9 Å². The van der Waals surface area contributed by atoms with E-state index < -0.39 is 0 Å². The SMILES string of the molecule is C=CCN(C(=O)c1ccc(C#N)cc1)c1nc(-c2ccc(Cl)cc2)cs1. The van der Waals surface area contributed by atoms with Crippen molar-refractivity contribution in [2.24, 2.45) is 0 Å². The van der Waals surface area contributed by atoms with Gasteiger partial charge in [-0.05, 0) is 36.4 Å². The van der Waals surface area contributed by atoms with Gasteiger partial charge >= 0.3 is 0 Å². The van der Waals surface area contributed by atoms with Gasteiger partial charge in [0.1, 0.15) is 0 Å². The number of amides is 1. The van der Waals surface area contributed by atoms with Gasteiger partial charge in [0, 0.05) is 28.1 Å². The van der Waals surface area contributed by atoms with Crippen molar-refractivity contribution in [2.45, 2.75) is 0 Å². The summed E-state index contributed by atoms with van der Waals surface area (Å²) in [6, 6.07) is 16.0. The van der Waals surface area contributed by atoms with Crippen molar-refractivity contribution in [3.8, 4) is 17.3 Å². The molecule has 0 radical (unpaired) electrons. The van der Waals surface area contributed by atoms with Crippen molar-refractivity contribution in [3.05, 3.63) is 82.7 Å². The summed E-state index contributed by atoms with van der Waals surface area (Å²) in [5, 5.41) is 12.0. The lowest BCUT2D eigenvalue weighted by Gasteiger charge is -2.18. The Morgan fingerprint density at radius 1 is 1.23 bits per heavy atom. The fraction of sp³-hybridized carbons (Fsp3) is 0.0500. The smallest absolute Gasteiger partial charge is 0.260 e. The van der Waals surface area contributed by atoms with Crippen LogP contribution in [0.25, 0.3) is 11.3 Å². The third kappa shape index (κ3) is 3.83. The van der Waals surface area contributed by atoms with Crippen LogP contribution in [0.3, 0.4) is 0 Å². The number of halogens is 1. The lowest BCUT2D eigenvalue weighted by atomic mass is 10.1. The number of hydrogen-bond acceptors (Lipinski definition) is 4. The summed E-state index contributed by atoms with van der Waals surface area (Å²) in [4.78, 5) is 19.0. The summed E-state index contributed by atoms with van der Waals surface area (Å²) >= 11 is 7.31. The van der Waals surface area contributed by atoms with E-state index in [0.29, 0.717) is 27.8 Å². The Bertz CT molecular complexity index is 972. The zero-order valence-corrected chi connectivity index (χ0v) is 15.3. The molecular formula is C20H14ClN3OS. The molecule has 0 aliphatic heterocycles. The summed E-state index contributed by atoms with van der Waals surface area (Å²) < 4.78 is 0. The topological polar surface area (TPSA) is 57.0 Å². The van der Waals surface area contributed by atoms with Gasteiger partial charge in [-0.3, -0.25) is 9.69 Å². The Balaban J connectivity index is 1.90. The summed E-state index contributed by atoms with van der Waals surface area (Å²) in [6.07, 6.45) is 1.66. The van der Waals surface area contributed by atoms with E-state index >= 15 is 0 Å². The van der Waals surface area contributed by atoms with Gasteiger partial charge in [0.15, 0.2) is 5.13 Å². The molecule has 0 N–H and O–H groups in total. The lowest BCUT2D eigenvalue weighted by molar-refractivity contribution is 0.0989. The fourth-order valence-corrected chi connectivity index (χ4v) is 3.33. The Kier molecular flexibility index (Phi) is 5.47. The Morgan fingerprint density at radius 3 is 2.54 bits per heavy atom. The largest absolute Gasteiger partial charge is 0.280 e. The third-order valence-electron chi connectivity index (χ3n) is 3.68. The summed E-state index contributed by atoms with van der Waals surface area (Å²) in [5.74, 6) is -0.189. The number of carbonyl (C=O) groups excluding carboxylic acids is 1. The van der Waals surface area contributed by atoms with Crippen LogP contribution in [-0.4, -0.2) is 17.4 Å². The number of aromatic nitrogens is 1. The molecule has 0 spiro atoms. The van der Waals surface area contributed by atoms with E-state index in [4.69, 9.17) is 16.9 Å². The number of anilines is 1. The average Bonchev–Trinajstić information content (AvgIpc) is 3.16. The highest BCUT2D eigenvalue weighted by Gasteiger charge is 2.20. The third-order valence-corrected chi connectivity index (χ3v) is 4.80. The molecule has 0 saturated heterocycles. The number of thiazole rings is 1. The van der Waals surface area contributed by atoms with Crippen molar-refractivity contribution < 1.29 is 4.79 Å². The highest BCUT2D eigenvalue weighted by Crippen LogP contribution is 2.29. The molecule has 1 aromatic heterocycles. The van der Waals surface area contributed by atoms with Gasteiger partial charge in [0.05, 0.1) is 17.3 Å². The van der Waals surface area contributed by atoms with Gasteiger partial charge < -0.3 is 0 Å². The first-order valence-electron chi connectivity index (χ1n) is 7.77. The van der Waals surface area contributed by atoms with Crippen molar-refractivity contribution in [2.75, 3.05) is 11.4 Å². The van der Waals surface area contributed by atoms with Crippen LogP contribution in [0.2, 0.25) is 5.02 Å². The average molecular weight is 380 g/mol. The molecule has 3 rings (SSSR count). The van der Waals surface area contributed by atoms with Gasteiger partial charge in [-0.2, -0.15) is 5.26 Å². The van der Waals surface area contributed by atoms with Crippen molar-refractivity contribution in [1.29, 1.82) is 5.26 Å². The second-order valence-electron chi connectivity index (χ2n) is 5.42. The summed E-state index contributed by atoms with van der Waals surface area (Å²) in [7, 11) is 0. The quantitative estimate of drug-likeness (QED) is 0.575. The standard InChI is InChI=1S/C20H14ClN3OS/c1-2-11-24(19(25)16-5-3-14(12-22)4-6-16)20-23-18(13-26-20)15-7-9-17(21)10-8-15/h2-10,13H,1,11H2. The van der Waals surface area contributed by atoms with Crippen LogP contribution in [0.4, 0.5) is 5.13 Å². The summed E-state index contributed by atoms with van der Waals surface area (Å²) in [5.41, 5.74) is 2.72. The van der Waals surface area contributed by atoms with E-state index in [1.165, 1.54) is 11.3 Å². The van der Waals surface area contributed by atoms with Crippen LogP contribution in [0.15, 0.2) is 66.6 Å². The van der Waals surface area contributed by atoms with Gasteiger partial charge in [-0.15, -0.1) is 17.9 Å². The first-order valence-corrected chi connectivity index (χ1v) is 9.02. The van der Waals surface area contributed by atoms with Gasteiger partial charge in [0.2, 0.25) is 0 Å². The van der Waals surface area contributed by atoms with Crippen LogP contribution in [0.5, 0.6) is 0 Å². The predicted octanol–water partition coefficient (Wildman–Crippen LogP) is 5.17. The number of hydrogen-bond donors (Lipinski definition) is 0. The van der Waals surface area contributed by atoms with Gasteiger partial charge in [-0.25, -0.2) is 4.98 Å². The van der Waals surface area contributed by atoms with Crippen molar-refractivity contribution >= 4 is 34.0 Å². The van der Waals surface area contributed by atoms with Crippen LogP contribution < -0.4 is 4.90 Å². The molecule has 0 bridgehead atoms. The maximum Gasteiger partial charge on any atom is 0.260 e. The number of carbonyl (C=O) groups is 1. The van der Waals surface area contributed by atoms with E-state index in [1.807, 2.05) is 23.6 Å². The highest BCUT2D eigenvalue weighted by atomic mass is 35.5. The molecule has 2 aromatic carbocycles. The Hall–Kier alpha value is -2.94. The minimum atomic E-state index is -0.189. The number of rotatable bonds is 5. The Labute approximate surface area is 160 Å². The van der Waals surface area contributed by atoms with Gasteiger partial charge in [-0.1, -0.05) is 29.8 Å². The summed E-state index contributed by atoms with van der Waals surface area (Å²) in [6.45, 7) is 4.07. The molecular weight excluding hydrogens is 366 g/mol. The van der Waals surface area contributed by atoms with Gasteiger partial charge in [0.25, 0.3) is 5.91 Å². The minimum absolute atomic E-state index is 0.189. The lowest BCUT2D eigenvalue weighted by Crippen LogP contribution is -2.30. The van der Waals surface area contributed by atoms with E-state index in [9.17, 15) is 4.79 Å². The normalized spacial score (nSPS) is 10.2. The zero-order valence-electron chi connectivity index (χ0n) is 13.7. The Morgan fingerprint density at radius 2 is 1.92 bits per heavy atom. The van der Waals surface area contributed by atoms with Crippen molar-refractivity contribution in [3.63, 3.8) is 0 Å². The van der Waals surface area contributed by atoms with E-state index in [2.05, 4.69) is 11.6 Å². The van der Waals surface area contributed by atoms with E-state index in [1.54, 1.807) is 47.4 Å². The second-order valence-corrected chi connectivity index (χ2v) is 6.69. The highest BCUT2D eigenvalue weighted by molar-refractivity contribution is 7.14. The van der Waals surface area contributed by atoms with Crippen LogP contribution in [0, 0.1) is 11.3 Å². The second kappa shape index (κ2) is 7.96. The zero-order chi connectivity index (χ0) is 18.5. The van der Waals surface area contributed by atoms with Crippen LogP contribution in [0.1, 0.15) is 15.9 Å². The monoisotopic (exact) mass is 379 g/mol. The molecule has 0 aliphatic carbocycles. The fourth-order valence-electron chi connectivity index (χ4n) is 2.36. The maximum atomic E-state index is 12.9. The molecule has 4 nitrogen and oxygen atoms in total. The molecule has 1 heterocycles. The molecule has 0 atom stereocenters. The number of nitriles is 1. The van der Waals surface area contributed by atoms with Crippen LogP contribution in [-0.2, 0) is 0 Å². The molecule has 0 unspecified atom stereocenters. The molecule has 128 valence electrons.